The molecular formula is C16H25NO2. The number of hydrogen-bond acceptors (Lipinski definition) is 2. The molecule has 0 saturated heterocycles. The lowest BCUT2D eigenvalue weighted by atomic mass is 10.1. The fourth-order valence-corrected chi connectivity index (χ4v) is 1.16. The number of aliphatic hydroxyl groups is 1. The molecule has 0 saturated carbocycles. The van der Waals surface area contributed by atoms with E-state index in [0.29, 0.717) is 0 Å². The van der Waals surface area contributed by atoms with Crippen molar-refractivity contribution in [1.29, 1.82) is 0 Å². The van der Waals surface area contributed by atoms with Gasteiger partial charge in [0.05, 0.1) is 5.60 Å². The average Bonchev–Trinajstić information content (AvgIpc) is 2.33. The maximum atomic E-state index is 11.3. The molecule has 0 atom stereocenters. The Labute approximate surface area is 116 Å². The van der Waals surface area contributed by atoms with Crippen LogP contribution in [0, 0.1) is 0 Å². The lowest BCUT2D eigenvalue weighted by Crippen LogP contribution is -2.37. The van der Waals surface area contributed by atoms with Crippen molar-refractivity contribution in [3.63, 3.8) is 0 Å². The van der Waals surface area contributed by atoms with Crippen LogP contribution in [-0.2, 0) is 4.79 Å². The third-order valence-corrected chi connectivity index (χ3v) is 2.13. The van der Waals surface area contributed by atoms with E-state index < -0.39 is 5.60 Å². The van der Waals surface area contributed by atoms with E-state index in [1.54, 1.807) is 19.9 Å². The van der Waals surface area contributed by atoms with Gasteiger partial charge in [-0.25, -0.2) is 0 Å². The van der Waals surface area contributed by atoms with Gasteiger partial charge < -0.3 is 10.4 Å². The maximum Gasteiger partial charge on any atom is 0.244 e. The van der Waals surface area contributed by atoms with E-state index in [-0.39, 0.29) is 12.5 Å². The molecule has 3 heteroatoms. The first-order chi connectivity index (χ1) is 8.95. The molecular weight excluding hydrogens is 238 g/mol. The van der Waals surface area contributed by atoms with Crippen LogP contribution in [0.3, 0.4) is 0 Å². The number of carbonyl (C=O) groups excluding carboxylic acids is 1. The summed E-state index contributed by atoms with van der Waals surface area (Å²) in [6.07, 6.45) is 17.1. The van der Waals surface area contributed by atoms with Gasteiger partial charge in [-0.05, 0) is 33.6 Å². The van der Waals surface area contributed by atoms with E-state index >= 15 is 0 Å². The van der Waals surface area contributed by atoms with Crippen LogP contribution in [0.1, 0.15) is 33.6 Å². The Morgan fingerprint density at radius 1 is 1.11 bits per heavy atom. The molecule has 0 aliphatic heterocycles. The van der Waals surface area contributed by atoms with Crippen LogP contribution in [-0.4, -0.2) is 23.2 Å². The van der Waals surface area contributed by atoms with Gasteiger partial charge in [-0.1, -0.05) is 42.5 Å². The minimum absolute atomic E-state index is 0.195. The van der Waals surface area contributed by atoms with Gasteiger partial charge >= 0.3 is 0 Å². The molecule has 0 radical (unpaired) electrons. The van der Waals surface area contributed by atoms with Gasteiger partial charge in [0, 0.05) is 12.6 Å². The first kappa shape index (κ1) is 17.4. The van der Waals surface area contributed by atoms with Crippen molar-refractivity contribution >= 4 is 5.91 Å². The molecule has 19 heavy (non-hydrogen) atoms. The van der Waals surface area contributed by atoms with E-state index in [9.17, 15) is 9.90 Å². The molecule has 0 spiro atoms. The van der Waals surface area contributed by atoms with Crippen LogP contribution < -0.4 is 5.32 Å². The van der Waals surface area contributed by atoms with Crippen molar-refractivity contribution < 1.29 is 9.90 Å². The molecule has 0 fully saturated rings. The number of carbonyl (C=O) groups is 1. The van der Waals surface area contributed by atoms with E-state index in [4.69, 9.17) is 0 Å². The highest BCUT2D eigenvalue weighted by molar-refractivity contribution is 5.87. The summed E-state index contributed by atoms with van der Waals surface area (Å²) in [7, 11) is 0. The molecule has 0 aromatic heterocycles. The number of hydrogen-bond donors (Lipinski definition) is 2. The largest absolute Gasteiger partial charge is 0.389 e. The molecule has 106 valence electrons. The van der Waals surface area contributed by atoms with Crippen LogP contribution in [0.5, 0.6) is 0 Å². The summed E-state index contributed by atoms with van der Waals surface area (Å²) >= 11 is 0. The lowest BCUT2D eigenvalue weighted by Gasteiger charge is -2.16. The Balaban J connectivity index is 3.74. The van der Waals surface area contributed by atoms with Crippen LogP contribution >= 0.6 is 0 Å². The second-order valence-corrected chi connectivity index (χ2v) is 4.85. The zero-order valence-electron chi connectivity index (χ0n) is 12.1. The standard InChI is InChI=1S/C16H25NO2/c1-4-5-6-7-8-9-10-11-12-13-15(18)17-14-16(2,3)19/h4-7,10-13,19H,8-9,14H2,1-3H3,(H,17,18). The Morgan fingerprint density at radius 3 is 2.21 bits per heavy atom. The average molecular weight is 263 g/mol. The van der Waals surface area contributed by atoms with Gasteiger partial charge in [0.1, 0.15) is 0 Å². The normalized spacial score (nSPS) is 13.3. The monoisotopic (exact) mass is 263 g/mol. The summed E-state index contributed by atoms with van der Waals surface area (Å²) in [4.78, 5) is 11.3. The molecule has 0 unspecified atom stereocenters. The molecule has 0 aliphatic carbocycles. The van der Waals surface area contributed by atoms with Crippen molar-refractivity contribution in [3.8, 4) is 0 Å². The van der Waals surface area contributed by atoms with E-state index in [2.05, 4.69) is 11.4 Å². The number of nitrogens with one attached hydrogen (secondary N) is 1. The van der Waals surface area contributed by atoms with Crippen molar-refractivity contribution in [2.75, 3.05) is 6.54 Å². The molecule has 0 aliphatic rings. The lowest BCUT2D eigenvalue weighted by molar-refractivity contribution is -0.117. The van der Waals surface area contributed by atoms with Crippen molar-refractivity contribution in [1.82, 2.24) is 5.32 Å². The van der Waals surface area contributed by atoms with Crippen LogP contribution in [0.15, 0.2) is 48.6 Å². The summed E-state index contributed by atoms with van der Waals surface area (Å²) in [5.41, 5.74) is -0.876. The quantitative estimate of drug-likeness (QED) is 0.402. The Morgan fingerprint density at radius 2 is 1.68 bits per heavy atom. The molecule has 0 aromatic rings. The molecule has 0 rings (SSSR count). The molecule has 0 aromatic carbocycles. The van der Waals surface area contributed by atoms with Crippen LogP contribution in [0.2, 0.25) is 0 Å². The summed E-state index contributed by atoms with van der Waals surface area (Å²) in [6.45, 7) is 5.53. The fourth-order valence-electron chi connectivity index (χ4n) is 1.16. The molecule has 2 N–H and O–H groups in total. The van der Waals surface area contributed by atoms with Crippen LogP contribution in [0.4, 0.5) is 0 Å². The second kappa shape index (κ2) is 10.3. The molecule has 0 heterocycles. The highest BCUT2D eigenvalue weighted by Crippen LogP contribution is 1.97. The third kappa shape index (κ3) is 14.3. The Hall–Kier alpha value is -1.61. The minimum Gasteiger partial charge on any atom is -0.389 e. The second-order valence-electron chi connectivity index (χ2n) is 4.85. The van der Waals surface area contributed by atoms with Crippen molar-refractivity contribution in [2.24, 2.45) is 0 Å². The van der Waals surface area contributed by atoms with Gasteiger partial charge in [0.25, 0.3) is 0 Å². The zero-order chi connectivity index (χ0) is 14.6. The van der Waals surface area contributed by atoms with Gasteiger partial charge in [0.2, 0.25) is 5.91 Å². The molecule has 0 bridgehead atoms. The van der Waals surface area contributed by atoms with Gasteiger partial charge in [-0.15, -0.1) is 0 Å². The van der Waals surface area contributed by atoms with Gasteiger partial charge in [-0.3, -0.25) is 4.79 Å². The number of rotatable bonds is 8. The summed E-state index contributed by atoms with van der Waals surface area (Å²) in [5.74, 6) is -0.195. The Kier molecular flexibility index (Phi) is 9.45. The van der Waals surface area contributed by atoms with Crippen molar-refractivity contribution in [2.45, 2.75) is 39.2 Å². The molecule has 1 amide bonds. The van der Waals surface area contributed by atoms with E-state index in [1.807, 2.05) is 37.3 Å². The third-order valence-electron chi connectivity index (χ3n) is 2.13. The zero-order valence-corrected chi connectivity index (χ0v) is 12.1. The molecule has 3 nitrogen and oxygen atoms in total. The van der Waals surface area contributed by atoms with Gasteiger partial charge in [0.15, 0.2) is 0 Å². The minimum atomic E-state index is -0.876. The van der Waals surface area contributed by atoms with E-state index in [1.165, 1.54) is 6.08 Å². The SMILES string of the molecule is CC=CC=CCCC=CC=CC(=O)NCC(C)(C)O. The predicted octanol–water partition coefficient (Wildman–Crippen LogP) is 2.90. The summed E-state index contributed by atoms with van der Waals surface area (Å²) < 4.78 is 0. The topological polar surface area (TPSA) is 49.3 Å². The smallest absolute Gasteiger partial charge is 0.244 e. The Bertz CT molecular complexity index is 357. The maximum absolute atomic E-state index is 11.3. The highest BCUT2D eigenvalue weighted by Gasteiger charge is 2.12. The first-order valence-corrected chi connectivity index (χ1v) is 6.57. The summed E-state index contributed by atoms with van der Waals surface area (Å²) in [5, 5.41) is 12.1. The number of allylic oxidation sites excluding steroid dienone is 7. The van der Waals surface area contributed by atoms with Gasteiger partial charge in [-0.2, -0.15) is 0 Å². The van der Waals surface area contributed by atoms with Crippen LogP contribution in [0.25, 0.3) is 0 Å². The van der Waals surface area contributed by atoms with E-state index in [0.717, 1.165) is 12.8 Å². The highest BCUT2D eigenvalue weighted by atomic mass is 16.3. The summed E-state index contributed by atoms with van der Waals surface area (Å²) in [6, 6.07) is 0. The first-order valence-electron chi connectivity index (χ1n) is 6.57. The number of amides is 1. The number of unbranched alkanes of at least 4 members (excludes halogenated alkanes) is 1. The fraction of sp³-hybridized carbons (Fsp3) is 0.438. The van der Waals surface area contributed by atoms with Crippen molar-refractivity contribution in [3.05, 3.63) is 48.6 Å². The predicted molar refractivity (Wildman–Crippen MR) is 80.8 cm³/mol.